The molecule has 12 nitrogen and oxygen atoms in total. The second kappa shape index (κ2) is 13.1. The van der Waals surface area contributed by atoms with Gasteiger partial charge >= 0.3 is 0 Å². The van der Waals surface area contributed by atoms with E-state index in [4.69, 9.17) is 9.47 Å². The van der Waals surface area contributed by atoms with Crippen molar-refractivity contribution >= 4 is 32.6 Å². The first-order valence-electron chi connectivity index (χ1n) is 13.4. The van der Waals surface area contributed by atoms with E-state index in [1.54, 1.807) is 19.1 Å². The number of nitriles is 1. The Labute approximate surface area is 239 Å². The van der Waals surface area contributed by atoms with Gasteiger partial charge in [-0.05, 0) is 54.5 Å². The van der Waals surface area contributed by atoms with Gasteiger partial charge in [-0.3, -0.25) is 0 Å². The molecule has 3 aromatic rings. The molecule has 41 heavy (non-hydrogen) atoms. The highest BCUT2D eigenvalue weighted by atomic mass is 32.2. The van der Waals surface area contributed by atoms with Crippen LogP contribution in [0.25, 0.3) is 16.8 Å². The minimum absolute atomic E-state index is 0.0618. The first kappa shape index (κ1) is 30.6. The highest BCUT2D eigenvalue weighted by molar-refractivity contribution is 7.93. The molecule has 3 N–H and O–H groups in total. The maximum Gasteiger partial charge on any atom is 0.251 e. The predicted octanol–water partition coefficient (Wildman–Crippen LogP) is 1.99. The number of rotatable bonds is 11. The summed E-state index contributed by atoms with van der Waals surface area (Å²) in [4.78, 5) is 1.81. The van der Waals surface area contributed by atoms with E-state index in [9.17, 15) is 23.9 Å². The SMILES string of the molecule is CCN(CC)c1ccc2cc(/C=C(\C#N)S(=O)(=O)NCc3cn(C[C@H]4O[C@H](OC)[C@H](C)[C@@H](O)[C@@H]4O)nn3)ccc2c1. The quantitative estimate of drug-likeness (QED) is 0.284. The molecule has 0 aliphatic carbocycles. The summed E-state index contributed by atoms with van der Waals surface area (Å²) in [5.41, 5.74) is 1.99. The number of benzene rings is 2. The molecule has 0 unspecified atom stereocenters. The van der Waals surface area contributed by atoms with Crippen molar-refractivity contribution in [3.8, 4) is 6.07 Å². The number of hydrogen-bond donors (Lipinski definition) is 3. The maximum atomic E-state index is 12.9. The van der Waals surface area contributed by atoms with Crippen molar-refractivity contribution in [3.63, 3.8) is 0 Å². The Hall–Kier alpha value is -3.38. The summed E-state index contributed by atoms with van der Waals surface area (Å²) in [6.07, 6.45) is -0.885. The third kappa shape index (κ3) is 6.92. The van der Waals surface area contributed by atoms with Crippen molar-refractivity contribution in [2.24, 2.45) is 5.92 Å². The molecule has 0 amide bonds. The van der Waals surface area contributed by atoms with Crippen LogP contribution in [-0.2, 0) is 32.6 Å². The molecule has 0 saturated carbocycles. The fourth-order valence-corrected chi connectivity index (χ4v) is 5.78. The van der Waals surface area contributed by atoms with Crippen molar-refractivity contribution in [1.82, 2.24) is 19.7 Å². The van der Waals surface area contributed by atoms with Gasteiger partial charge in [0.05, 0.1) is 24.9 Å². The Morgan fingerprint density at radius 3 is 2.59 bits per heavy atom. The number of hydrogen-bond acceptors (Lipinski definition) is 10. The zero-order valence-electron chi connectivity index (χ0n) is 23.5. The molecule has 13 heteroatoms. The van der Waals surface area contributed by atoms with Gasteiger partial charge in [0.15, 0.2) is 11.2 Å². The molecule has 1 aliphatic heterocycles. The maximum absolute atomic E-state index is 12.9. The molecule has 1 saturated heterocycles. The highest BCUT2D eigenvalue weighted by Crippen LogP contribution is 2.27. The largest absolute Gasteiger partial charge is 0.390 e. The van der Waals surface area contributed by atoms with Gasteiger partial charge in [-0.1, -0.05) is 30.3 Å². The second-order valence-electron chi connectivity index (χ2n) is 9.96. The van der Waals surface area contributed by atoms with E-state index in [1.807, 2.05) is 24.3 Å². The lowest BCUT2D eigenvalue weighted by Gasteiger charge is -2.40. The summed E-state index contributed by atoms with van der Waals surface area (Å²) < 4.78 is 40.6. The number of aliphatic hydroxyl groups is 2. The Bertz CT molecular complexity index is 1530. The van der Waals surface area contributed by atoms with E-state index >= 15 is 0 Å². The third-order valence-corrected chi connectivity index (χ3v) is 8.62. The zero-order valence-corrected chi connectivity index (χ0v) is 24.3. The summed E-state index contributed by atoms with van der Waals surface area (Å²) in [5.74, 6) is -0.422. The van der Waals surface area contributed by atoms with Crippen LogP contribution in [0.4, 0.5) is 5.69 Å². The van der Waals surface area contributed by atoms with Crippen LogP contribution in [0.5, 0.6) is 0 Å². The zero-order chi connectivity index (χ0) is 29.7. The number of sulfonamides is 1. The smallest absolute Gasteiger partial charge is 0.251 e. The van der Waals surface area contributed by atoms with Crippen LogP contribution in [0.2, 0.25) is 0 Å². The summed E-state index contributed by atoms with van der Waals surface area (Å²) >= 11 is 0. The Morgan fingerprint density at radius 2 is 1.90 bits per heavy atom. The number of nitrogens with zero attached hydrogens (tertiary/aromatic N) is 5. The lowest BCUT2D eigenvalue weighted by molar-refractivity contribution is -0.272. The highest BCUT2D eigenvalue weighted by Gasteiger charge is 2.42. The fourth-order valence-electron chi connectivity index (χ4n) is 4.88. The summed E-state index contributed by atoms with van der Waals surface area (Å²) in [6, 6.07) is 13.4. The molecule has 1 aliphatic rings. The van der Waals surface area contributed by atoms with Crippen LogP contribution in [0.1, 0.15) is 32.0 Å². The van der Waals surface area contributed by atoms with Gasteiger partial charge in [-0.2, -0.15) is 5.26 Å². The average Bonchev–Trinajstić information content (AvgIpc) is 3.43. The van der Waals surface area contributed by atoms with Crippen LogP contribution >= 0.6 is 0 Å². The van der Waals surface area contributed by atoms with Gasteiger partial charge in [0.1, 0.15) is 18.3 Å². The molecule has 0 bridgehead atoms. The first-order valence-corrected chi connectivity index (χ1v) is 14.9. The van der Waals surface area contributed by atoms with Gasteiger partial charge in [-0.25, -0.2) is 17.8 Å². The molecule has 1 aromatic heterocycles. The van der Waals surface area contributed by atoms with E-state index in [1.165, 1.54) is 24.1 Å². The molecule has 5 atom stereocenters. The van der Waals surface area contributed by atoms with Crippen molar-refractivity contribution in [3.05, 3.63) is 58.8 Å². The number of fused-ring (bicyclic) bond motifs is 1. The monoisotopic (exact) mass is 584 g/mol. The van der Waals surface area contributed by atoms with E-state index in [0.29, 0.717) is 11.3 Å². The third-order valence-electron chi connectivity index (χ3n) is 7.31. The molecular formula is C28H36N6O6S. The van der Waals surface area contributed by atoms with E-state index in [2.05, 4.69) is 39.8 Å². The number of allylic oxidation sites excluding steroid dienone is 1. The summed E-state index contributed by atoms with van der Waals surface area (Å²) in [7, 11) is -2.69. The minimum atomic E-state index is -4.15. The van der Waals surface area contributed by atoms with Crippen molar-refractivity contribution in [2.45, 2.75) is 58.5 Å². The molecule has 0 spiro atoms. The predicted molar refractivity (Wildman–Crippen MR) is 154 cm³/mol. The van der Waals surface area contributed by atoms with Gasteiger partial charge in [0.2, 0.25) is 0 Å². The minimum Gasteiger partial charge on any atom is -0.390 e. The molecule has 2 aromatic carbocycles. The van der Waals surface area contributed by atoms with E-state index < -0.39 is 45.4 Å². The van der Waals surface area contributed by atoms with Gasteiger partial charge in [0, 0.05) is 38.0 Å². The van der Waals surface area contributed by atoms with Gasteiger partial charge in [-0.15, -0.1) is 5.10 Å². The molecular weight excluding hydrogens is 548 g/mol. The fraction of sp³-hybridized carbons (Fsp3) is 0.464. The Morgan fingerprint density at radius 1 is 1.20 bits per heavy atom. The van der Waals surface area contributed by atoms with Crippen LogP contribution in [-0.4, -0.2) is 78.4 Å². The summed E-state index contributed by atoms with van der Waals surface area (Å²) in [5, 5.41) is 40.2. The molecule has 4 rings (SSSR count). The van der Waals surface area contributed by atoms with Crippen molar-refractivity contribution in [1.29, 1.82) is 5.26 Å². The molecule has 1 fully saturated rings. The van der Waals surface area contributed by atoms with Crippen LogP contribution < -0.4 is 9.62 Å². The number of anilines is 1. The molecule has 2 heterocycles. The first-order chi connectivity index (χ1) is 19.6. The summed E-state index contributed by atoms with van der Waals surface area (Å²) in [6.45, 7) is 7.56. The number of methoxy groups -OCH3 is 1. The van der Waals surface area contributed by atoms with Crippen LogP contribution in [0.15, 0.2) is 47.5 Å². The Kier molecular flexibility index (Phi) is 9.75. The lowest BCUT2D eigenvalue weighted by atomic mass is 9.92. The van der Waals surface area contributed by atoms with Crippen LogP contribution in [0.3, 0.4) is 0 Å². The van der Waals surface area contributed by atoms with Crippen molar-refractivity contribution < 1.29 is 28.1 Å². The second-order valence-corrected chi connectivity index (χ2v) is 11.7. The topological polar surface area (TPSA) is 163 Å². The van der Waals surface area contributed by atoms with Crippen LogP contribution in [0, 0.1) is 17.2 Å². The Balaban J connectivity index is 1.43. The van der Waals surface area contributed by atoms with Gasteiger partial charge in [0.25, 0.3) is 10.0 Å². The van der Waals surface area contributed by atoms with Crippen molar-refractivity contribution in [2.75, 3.05) is 25.1 Å². The average molecular weight is 585 g/mol. The molecule has 0 radical (unpaired) electrons. The number of nitrogens with one attached hydrogen (secondary N) is 1. The lowest BCUT2D eigenvalue weighted by Crippen LogP contribution is -2.55. The van der Waals surface area contributed by atoms with E-state index in [0.717, 1.165) is 29.5 Å². The van der Waals surface area contributed by atoms with Gasteiger partial charge < -0.3 is 24.6 Å². The number of aliphatic hydroxyl groups excluding tert-OH is 2. The normalized spacial score (nSPS) is 23.4. The van der Waals surface area contributed by atoms with E-state index in [-0.39, 0.29) is 13.1 Å². The number of aromatic nitrogens is 3. The number of ether oxygens (including phenoxy) is 2. The standard InChI is InChI=1S/C28H36N6O6S/c1-5-33(6-2)23-10-9-20-11-19(7-8-21(20)13-23)12-24(14-29)41(37,38)30-15-22-16-34(32-31-22)17-25-27(36)26(35)18(3)28(39-4)40-25/h7-13,16,18,25-28,30,35-36H,5-6,15,17H2,1-4H3/b24-12+/t18-,25-,26-,27-,28+/m1/s1. The molecule has 220 valence electrons.